The number of oxazole rings is 1. The second-order valence-electron chi connectivity index (χ2n) is 6.34. The number of nitrogens with zero attached hydrogens (tertiary/aromatic N) is 6. The lowest BCUT2D eigenvalue weighted by molar-refractivity contribution is 0.448. The monoisotopic (exact) mass is 495 g/mol. The van der Waals surface area contributed by atoms with Gasteiger partial charge in [-0.1, -0.05) is 17.7 Å². The molecule has 0 aliphatic rings. The third-order valence-corrected chi connectivity index (χ3v) is 4.12. The number of benzene rings is 1. The fraction of sp³-hybridized carbons (Fsp3) is 0.368. The van der Waals surface area contributed by atoms with E-state index >= 15 is 0 Å². The first kappa shape index (κ1) is 21.9. The molecule has 0 saturated heterocycles. The molecule has 3 rings (SSSR count). The second-order valence-corrected chi connectivity index (χ2v) is 6.34. The third-order valence-electron chi connectivity index (χ3n) is 4.12. The van der Waals surface area contributed by atoms with Gasteiger partial charge in [-0.3, -0.25) is 4.68 Å². The van der Waals surface area contributed by atoms with E-state index in [-0.39, 0.29) is 24.0 Å². The van der Waals surface area contributed by atoms with Crippen LogP contribution in [0.15, 0.2) is 46.3 Å². The standard InChI is InChI=1S/C19H25N7O.HI/c1-5-20-19(25(3)11-17-22-13-23-26(17)4)21-10-16-12-27-18(24-16)15-8-6-14(2)7-9-15;/h6-9,12-13H,5,10-11H2,1-4H3,(H,20,21);1H. The Bertz CT molecular complexity index is 901. The number of aromatic nitrogens is 4. The van der Waals surface area contributed by atoms with Gasteiger partial charge in [0.05, 0.1) is 13.1 Å². The van der Waals surface area contributed by atoms with Crippen LogP contribution >= 0.6 is 24.0 Å². The molecule has 0 atom stereocenters. The Morgan fingerprint density at radius 2 is 2.04 bits per heavy atom. The molecule has 1 N–H and O–H groups in total. The lowest BCUT2D eigenvalue weighted by Gasteiger charge is -2.21. The largest absolute Gasteiger partial charge is 0.444 e. The summed E-state index contributed by atoms with van der Waals surface area (Å²) in [6.07, 6.45) is 3.21. The molecule has 0 spiro atoms. The van der Waals surface area contributed by atoms with Crippen molar-refractivity contribution in [3.63, 3.8) is 0 Å². The highest BCUT2D eigenvalue weighted by Crippen LogP contribution is 2.19. The first-order valence-electron chi connectivity index (χ1n) is 8.90. The van der Waals surface area contributed by atoms with Crippen LogP contribution in [0.4, 0.5) is 0 Å². The van der Waals surface area contributed by atoms with Crippen molar-refractivity contribution in [3.8, 4) is 11.5 Å². The van der Waals surface area contributed by atoms with Crippen molar-refractivity contribution >= 4 is 29.9 Å². The normalized spacial score (nSPS) is 11.2. The Morgan fingerprint density at radius 1 is 1.29 bits per heavy atom. The fourth-order valence-electron chi connectivity index (χ4n) is 2.58. The summed E-state index contributed by atoms with van der Waals surface area (Å²) in [5, 5.41) is 7.39. The maximum Gasteiger partial charge on any atom is 0.226 e. The van der Waals surface area contributed by atoms with Crippen molar-refractivity contribution in [1.29, 1.82) is 0 Å². The van der Waals surface area contributed by atoms with Crippen molar-refractivity contribution in [2.75, 3.05) is 13.6 Å². The van der Waals surface area contributed by atoms with Crippen LogP contribution in [0.1, 0.15) is 24.0 Å². The minimum absolute atomic E-state index is 0. The van der Waals surface area contributed by atoms with Crippen LogP contribution in [0.2, 0.25) is 0 Å². The predicted octanol–water partition coefficient (Wildman–Crippen LogP) is 2.99. The number of aliphatic imine (C=N–C) groups is 1. The van der Waals surface area contributed by atoms with Crippen LogP contribution in [-0.4, -0.2) is 44.2 Å². The van der Waals surface area contributed by atoms with Gasteiger partial charge in [0.25, 0.3) is 0 Å². The highest BCUT2D eigenvalue weighted by Gasteiger charge is 2.11. The molecule has 8 nitrogen and oxygen atoms in total. The van der Waals surface area contributed by atoms with Crippen molar-refractivity contribution in [3.05, 3.63) is 53.9 Å². The predicted molar refractivity (Wildman–Crippen MR) is 119 cm³/mol. The summed E-state index contributed by atoms with van der Waals surface area (Å²) in [4.78, 5) is 15.5. The molecular formula is C19H26IN7O. The number of hydrogen-bond donors (Lipinski definition) is 1. The van der Waals surface area contributed by atoms with E-state index < -0.39 is 0 Å². The molecule has 0 fully saturated rings. The average molecular weight is 495 g/mol. The van der Waals surface area contributed by atoms with E-state index in [1.807, 2.05) is 50.2 Å². The number of guanidine groups is 1. The number of aryl methyl sites for hydroxylation is 2. The highest BCUT2D eigenvalue weighted by atomic mass is 127. The molecule has 0 aliphatic carbocycles. The smallest absolute Gasteiger partial charge is 0.226 e. The van der Waals surface area contributed by atoms with E-state index in [0.717, 1.165) is 29.6 Å². The Morgan fingerprint density at radius 3 is 2.68 bits per heavy atom. The Kier molecular flexibility index (Phi) is 7.97. The minimum Gasteiger partial charge on any atom is -0.444 e. The summed E-state index contributed by atoms with van der Waals surface area (Å²) in [5.41, 5.74) is 2.95. The van der Waals surface area contributed by atoms with Gasteiger partial charge in [0.2, 0.25) is 5.89 Å². The first-order valence-corrected chi connectivity index (χ1v) is 8.90. The van der Waals surface area contributed by atoms with Gasteiger partial charge in [-0.15, -0.1) is 24.0 Å². The van der Waals surface area contributed by atoms with E-state index in [9.17, 15) is 0 Å². The maximum atomic E-state index is 5.61. The van der Waals surface area contributed by atoms with Crippen LogP contribution in [0.5, 0.6) is 0 Å². The van der Waals surface area contributed by atoms with E-state index in [0.29, 0.717) is 19.0 Å². The molecule has 0 aliphatic heterocycles. The van der Waals surface area contributed by atoms with E-state index in [1.165, 1.54) is 5.56 Å². The molecule has 2 aromatic heterocycles. The molecule has 1 aromatic carbocycles. The molecule has 0 amide bonds. The molecule has 28 heavy (non-hydrogen) atoms. The van der Waals surface area contributed by atoms with Gasteiger partial charge in [0.15, 0.2) is 5.96 Å². The summed E-state index contributed by atoms with van der Waals surface area (Å²) in [6.45, 7) is 5.91. The van der Waals surface area contributed by atoms with Gasteiger partial charge >= 0.3 is 0 Å². The molecule has 0 unspecified atom stereocenters. The summed E-state index contributed by atoms with van der Waals surface area (Å²) < 4.78 is 7.36. The molecule has 9 heteroatoms. The zero-order valence-electron chi connectivity index (χ0n) is 16.6. The zero-order chi connectivity index (χ0) is 19.2. The van der Waals surface area contributed by atoms with Gasteiger partial charge in [-0.05, 0) is 26.0 Å². The quantitative estimate of drug-likeness (QED) is 0.322. The van der Waals surface area contributed by atoms with Crippen LogP contribution < -0.4 is 5.32 Å². The Labute approximate surface area is 182 Å². The van der Waals surface area contributed by atoms with Crippen LogP contribution in [0, 0.1) is 6.92 Å². The molecule has 3 aromatic rings. The number of nitrogens with one attached hydrogen (secondary N) is 1. The summed E-state index contributed by atoms with van der Waals surface area (Å²) >= 11 is 0. The Hall–Kier alpha value is -2.43. The second kappa shape index (κ2) is 10.2. The van der Waals surface area contributed by atoms with Gasteiger partial charge < -0.3 is 14.6 Å². The number of hydrogen-bond acceptors (Lipinski definition) is 5. The third kappa shape index (κ3) is 5.54. The van der Waals surface area contributed by atoms with Gasteiger partial charge in [0, 0.05) is 26.2 Å². The maximum absolute atomic E-state index is 5.61. The summed E-state index contributed by atoms with van der Waals surface area (Å²) in [6, 6.07) is 8.10. The minimum atomic E-state index is 0. The molecule has 150 valence electrons. The van der Waals surface area contributed by atoms with Crippen LogP contribution in [-0.2, 0) is 20.1 Å². The molecule has 0 bridgehead atoms. The first-order chi connectivity index (χ1) is 13.1. The van der Waals surface area contributed by atoms with Crippen molar-refractivity contribution < 1.29 is 4.42 Å². The van der Waals surface area contributed by atoms with Crippen molar-refractivity contribution in [1.82, 2.24) is 30.0 Å². The van der Waals surface area contributed by atoms with E-state index in [4.69, 9.17) is 4.42 Å². The van der Waals surface area contributed by atoms with Crippen LogP contribution in [0.3, 0.4) is 0 Å². The van der Waals surface area contributed by atoms with Crippen molar-refractivity contribution in [2.45, 2.75) is 26.9 Å². The van der Waals surface area contributed by atoms with Gasteiger partial charge in [-0.25, -0.2) is 15.0 Å². The lowest BCUT2D eigenvalue weighted by atomic mass is 10.1. The van der Waals surface area contributed by atoms with Crippen LogP contribution in [0.25, 0.3) is 11.5 Å². The Balaban J connectivity index is 0.00000280. The lowest BCUT2D eigenvalue weighted by Crippen LogP contribution is -2.39. The highest BCUT2D eigenvalue weighted by molar-refractivity contribution is 14.0. The SMILES string of the molecule is CCNC(=NCc1coc(-c2ccc(C)cc2)n1)N(C)Cc1ncnn1C.I. The van der Waals surface area contributed by atoms with Gasteiger partial charge in [0.1, 0.15) is 24.1 Å². The number of rotatable bonds is 6. The molecular weight excluding hydrogens is 469 g/mol. The van der Waals surface area contributed by atoms with E-state index in [1.54, 1.807) is 17.3 Å². The fourth-order valence-corrected chi connectivity index (χ4v) is 2.58. The molecule has 0 radical (unpaired) electrons. The molecule has 0 saturated carbocycles. The summed E-state index contributed by atoms with van der Waals surface area (Å²) in [7, 11) is 3.85. The zero-order valence-corrected chi connectivity index (χ0v) is 18.9. The van der Waals surface area contributed by atoms with Crippen molar-refractivity contribution in [2.24, 2.45) is 12.0 Å². The average Bonchev–Trinajstić information content (AvgIpc) is 3.29. The number of halogens is 1. The van der Waals surface area contributed by atoms with Gasteiger partial charge in [-0.2, -0.15) is 5.10 Å². The topological polar surface area (TPSA) is 84.4 Å². The van der Waals surface area contributed by atoms with E-state index in [2.05, 4.69) is 32.3 Å². The molecule has 2 heterocycles. The summed E-state index contributed by atoms with van der Waals surface area (Å²) in [5.74, 6) is 2.25.